The fourth-order valence-corrected chi connectivity index (χ4v) is 21.4. The summed E-state index contributed by atoms with van der Waals surface area (Å²) in [6.45, 7) is 19.3. The van der Waals surface area contributed by atoms with E-state index in [0.29, 0.717) is 63.5 Å². The number of ketones is 2. The Balaban J connectivity index is 0.000000273. The van der Waals surface area contributed by atoms with Crippen molar-refractivity contribution in [2.24, 2.45) is 70.0 Å². The van der Waals surface area contributed by atoms with Gasteiger partial charge in [-0.3, -0.25) is 19.2 Å². The van der Waals surface area contributed by atoms with Crippen LogP contribution in [0.4, 0.5) is 9.59 Å². The van der Waals surface area contributed by atoms with Gasteiger partial charge in [0.25, 0.3) is 0 Å². The number of carboxylic acids is 1. The van der Waals surface area contributed by atoms with Crippen LogP contribution in [-0.2, 0) is 53.2 Å². The Morgan fingerprint density at radius 3 is 1.13 bits per heavy atom. The molecule has 6 amide bonds. The number of methoxy groups -OCH3 is 1. The number of aliphatic hydroxyl groups excluding tert-OH is 2. The molecule has 10 rings (SSSR count). The second-order valence-corrected chi connectivity index (χ2v) is 40.6. The number of aliphatic hydroxyl groups is 2. The fraction of sp³-hybridized carbons (Fsp3) is 0.893. The van der Waals surface area contributed by atoms with Crippen LogP contribution in [0.3, 0.4) is 0 Å². The molecule has 7 N–H and O–H groups in total. The van der Waals surface area contributed by atoms with Crippen LogP contribution in [0.5, 0.6) is 0 Å². The van der Waals surface area contributed by atoms with Crippen molar-refractivity contribution in [1.82, 2.24) is 31.1 Å². The van der Waals surface area contributed by atoms with E-state index in [-0.39, 0.29) is 109 Å². The highest BCUT2D eigenvalue weighted by Gasteiger charge is 2.71. The topological polar surface area (TPSA) is 329 Å². The van der Waals surface area contributed by atoms with Crippen LogP contribution in [0.15, 0.2) is 0 Å². The van der Waals surface area contributed by atoms with Crippen LogP contribution in [0.1, 0.15) is 264 Å². The summed E-state index contributed by atoms with van der Waals surface area (Å²) in [5, 5.41) is 43.1. The number of esters is 1. The number of likely N-dealkylation sites (tertiary alicyclic amines) is 2. The number of rotatable bonds is 26. The minimum absolute atomic E-state index is 0. The fourth-order valence-electron chi connectivity index (χ4n) is 18.4. The molecule has 0 aromatic carbocycles. The van der Waals surface area contributed by atoms with Gasteiger partial charge in [-0.1, -0.05) is 145 Å². The van der Waals surface area contributed by atoms with Crippen molar-refractivity contribution in [2.75, 3.05) is 31.7 Å². The molecule has 2 heterocycles. The zero-order valence-electron chi connectivity index (χ0n) is 60.2. The second-order valence-electron chi connectivity index (χ2n) is 35.1. The van der Waals surface area contributed by atoms with Gasteiger partial charge < -0.3 is 51.1 Å². The Morgan fingerprint density at radius 1 is 0.505 bits per heavy atom. The number of ether oxygens (including phenoxy) is 1. The molecular weight excluding hydrogens is 1300 g/mol. The molecule has 10 aliphatic rings. The van der Waals surface area contributed by atoms with Crippen LogP contribution >= 0.6 is 0 Å². The molecule has 0 bridgehead atoms. The minimum Gasteiger partial charge on any atom is -0.479 e. The largest absolute Gasteiger partial charge is 0.479 e. The zero-order chi connectivity index (χ0) is 71.2. The summed E-state index contributed by atoms with van der Waals surface area (Å²) in [4.78, 5) is 113. The van der Waals surface area contributed by atoms with Crippen molar-refractivity contribution in [1.29, 1.82) is 0 Å². The quantitative estimate of drug-likeness (QED) is 0.0396. The Bertz CT molecular complexity index is 3110. The smallest absolute Gasteiger partial charge is 0.334 e. The highest BCUT2D eigenvalue weighted by atomic mass is 32.2. The molecule has 2 aliphatic heterocycles. The molecule has 22 nitrogen and oxygen atoms in total. The van der Waals surface area contributed by atoms with Gasteiger partial charge in [0.1, 0.15) is 12.1 Å². The number of aliphatic carboxylic acids is 1. The maximum atomic E-state index is 14.7. The lowest BCUT2D eigenvalue weighted by molar-refractivity contribution is -0.155. The highest BCUT2D eigenvalue weighted by Crippen LogP contribution is 2.66. The maximum Gasteiger partial charge on any atom is 0.334 e. The van der Waals surface area contributed by atoms with E-state index in [2.05, 4.69) is 49.0 Å². The lowest BCUT2D eigenvalue weighted by atomic mass is 9.82. The van der Waals surface area contributed by atoms with Crippen molar-refractivity contribution < 1.29 is 75.2 Å². The van der Waals surface area contributed by atoms with Gasteiger partial charge in [0.15, 0.2) is 43.4 Å². The standard InChI is InChI=1S/C37H61N3O8S.C36H59N3O8S.2CH4/c1-35(2,3)49(46,47)22-37(17-11-8-12-18-37)39-34(45)38-29(24-13-9-7-10-14-24)32(43)40-21-26-28(36(26,4)5)30(40)27(41)20-25(19-23-15-16-23)31(42)33(44)48-6;1-34(2,3)48(46,47)21-36(16-10-7-11-17-36)38-33(45)37-28(23-12-8-6-9-13-23)31(42)39-20-25-27(35(25,4)5)29(39)26(40)19-24(18-22-14-15-22)30(41)32(43)44;;/h23-26,28-31,42H,7-22H2,1-6H3,(H2,38,39,45);22-25,27-30,41H,6-21H2,1-5H3,(H,43,44)(H2,37,38,45);2*1H4/t25?,26?,28-,29-,30+,31?;24?,25?,27-,28-,29+,30?;;/m00../s1. The summed E-state index contributed by atoms with van der Waals surface area (Å²) in [6.07, 6.45) is 18.1. The first-order chi connectivity index (χ1) is 45.3. The number of piperidine rings is 2. The van der Waals surface area contributed by atoms with Gasteiger partial charge in [0.05, 0.1) is 51.3 Å². The van der Waals surface area contributed by atoms with Crippen LogP contribution < -0.4 is 21.3 Å². The highest BCUT2D eigenvalue weighted by molar-refractivity contribution is 7.93. The second kappa shape index (κ2) is 31.9. The lowest BCUT2D eigenvalue weighted by Crippen LogP contribution is -2.62. The van der Waals surface area contributed by atoms with E-state index in [1.807, 2.05) is 0 Å². The number of fused-ring (bicyclic) bond motifs is 2. The lowest BCUT2D eigenvalue weighted by Gasteiger charge is -2.41. The summed E-state index contributed by atoms with van der Waals surface area (Å²) < 4.78 is 56.3. The molecule has 0 radical (unpaired) electrons. The van der Waals surface area contributed by atoms with Gasteiger partial charge in [-0.15, -0.1) is 0 Å². The molecule has 10 fully saturated rings. The Labute approximate surface area is 592 Å². The van der Waals surface area contributed by atoms with E-state index in [0.717, 1.165) is 128 Å². The molecular formula is C75H128N6O16S2. The number of carbonyl (C=O) groups is 8. The minimum atomic E-state index is -3.54. The third kappa shape index (κ3) is 18.9. The first-order valence-electron chi connectivity index (χ1n) is 37.2. The Hall–Kier alpha value is -4.42. The molecule has 0 aromatic heterocycles. The van der Waals surface area contributed by atoms with E-state index < -0.39 is 112 Å². The van der Waals surface area contributed by atoms with Gasteiger partial charge in [-0.05, 0) is 164 Å². The van der Waals surface area contributed by atoms with Gasteiger partial charge in [-0.2, -0.15) is 0 Å². The number of nitrogens with zero attached hydrogens (tertiary/aromatic N) is 2. The SMILES string of the molecule is C.C.CC1(C)C2CN(C(=O)[C@@H](NC(=O)NC3(CS(=O)(=O)C(C)(C)C)CCCCC3)C3CCCCC3)[C@H](C(=O)CC(CC3CC3)C(O)C(=O)O)[C@H]21.COC(=O)C(O)C(CC(=O)[C@@H]1[C@@H]2C(CN1C(=O)[C@@H](NC(=O)NC1(CS(=O)(=O)C(C)(C)C)CCCCC1)C1CCCCC1)C2(C)C)CC1CC1. The number of hydrogen-bond donors (Lipinski definition) is 7. The average molecular weight is 1430 g/mol. The van der Waals surface area contributed by atoms with Crippen molar-refractivity contribution in [3.05, 3.63) is 0 Å². The zero-order valence-corrected chi connectivity index (χ0v) is 61.9. The number of hydrogen-bond acceptors (Lipinski definition) is 15. The molecule has 566 valence electrons. The van der Waals surface area contributed by atoms with Crippen LogP contribution in [0.25, 0.3) is 0 Å². The van der Waals surface area contributed by atoms with E-state index in [4.69, 9.17) is 4.74 Å². The maximum absolute atomic E-state index is 14.7. The van der Waals surface area contributed by atoms with Crippen LogP contribution in [-0.4, -0.2) is 178 Å². The molecule has 99 heavy (non-hydrogen) atoms. The first-order valence-corrected chi connectivity index (χ1v) is 40.5. The summed E-state index contributed by atoms with van der Waals surface area (Å²) in [5.74, 6) is -3.99. The summed E-state index contributed by atoms with van der Waals surface area (Å²) in [5.41, 5.74) is -2.11. The van der Waals surface area contributed by atoms with E-state index in [1.54, 1.807) is 51.3 Å². The number of urea groups is 2. The number of nitrogens with one attached hydrogen (secondary N) is 4. The molecule has 0 aromatic rings. The molecule has 24 heteroatoms. The number of amides is 6. The number of carboxylic acid groups (broad SMARTS) is 1. The third-order valence-electron chi connectivity index (χ3n) is 25.3. The molecule has 8 aliphatic carbocycles. The van der Waals surface area contributed by atoms with Gasteiger partial charge in [-0.25, -0.2) is 36.0 Å². The normalized spacial score (nSPS) is 28.1. The average Bonchev–Trinajstić information content (AvgIpc) is 1.53. The third-order valence-corrected chi connectivity index (χ3v) is 30.9. The molecule has 8 saturated carbocycles. The van der Waals surface area contributed by atoms with Crippen LogP contribution in [0, 0.1) is 70.0 Å². The van der Waals surface area contributed by atoms with Crippen molar-refractivity contribution in [2.45, 2.75) is 321 Å². The summed E-state index contributed by atoms with van der Waals surface area (Å²) >= 11 is 0. The van der Waals surface area contributed by atoms with Gasteiger partial charge in [0.2, 0.25) is 11.8 Å². The predicted octanol–water partition coefficient (Wildman–Crippen LogP) is 10.3. The Kier molecular flexibility index (Phi) is 26.4. The predicted molar refractivity (Wildman–Crippen MR) is 381 cm³/mol. The molecule has 12 atom stereocenters. The first kappa shape index (κ1) is 81.9. The number of Topliss-reactive ketones (excluding diaryl/α,β-unsaturated/α-hetero) is 2. The summed E-state index contributed by atoms with van der Waals surface area (Å²) in [6, 6.07) is -4.24. The summed E-state index contributed by atoms with van der Waals surface area (Å²) in [7, 11) is -5.86. The van der Waals surface area contributed by atoms with Gasteiger partial charge in [0, 0.05) is 37.8 Å². The Morgan fingerprint density at radius 2 is 0.828 bits per heavy atom. The number of sulfone groups is 2. The monoisotopic (exact) mass is 1430 g/mol. The molecule has 2 saturated heterocycles. The number of carbonyl (C=O) groups excluding carboxylic acids is 7. The van der Waals surface area contributed by atoms with Crippen LogP contribution in [0.2, 0.25) is 0 Å². The molecule has 0 spiro atoms. The molecule has 6 unspecified atom stereocenters. The van der Waals surface area contributed by atoms with Crippen molar-refractivity contribution >= 4 is 67.1 Å². The van der Waals surface area contributed by atoms with Gasteiger partial charge >= 0.3 is 24.0 Å². The van der Waals surface area contributed by atoms with E-state index in [9.17, 15) is 70.5 Å². The van der Waals surface area contributed by atoms with Crippen molar-refractivity contribution in [3.8, 4) is 0 Å². The van der Waals surface area contributed by atoms with E-state index in [1.165, 1.54) is 7.11 Å². The van der Waals surface area contributed by atoms with E-state index >= 15 is 0 Å². The van der Waals surface area contributed by atoms with Crippen molar-refractivity contribution in [3.63, 3.8) is 0 Å².